The molecule has 2 heterocycles. The van der Waals surface area contributed by atoms with Gasteiger partial charge in [0, 0.05) is 11.9 Å². The first-order chi connectivity index (χ1) is 13.8. The van der Waals surface area contributed by atoms with Crippen LogP contribution in [0.4, 0.5) is 5.69 Å². The van der Waals surface area contributed by atoms with Crippen molar-refractivity contribution in [3.63, 3.8) is 0 Å². The third-order valence-corrected chi connectivity index (χ3v) is 6.36. The Balaban J connectivity index is 1.83. The number of aromatic nitrogens is 1. The first kappa shape index (κ1) is 21.0. The molecular weight excluding hydrogens is 414 g/mol. The second kappa shape index (κ2) is 8.77. The molecule has 0 aliphatic carbocycles. The molecule has 0 spiro atoms. The SMILES string of the molecule is Cc1ccc(NC(=O)CN(Cc2ccco2)S(=O)(=O)c2ccc(Cl)nc2)cc1C. The minimum Gasteiger partial charge on any atom is -0.468 e. The van der Waals surface area contributed by atoms with Crippen molar-refractivity contribution in [2.45, 2.75) is 25.3 Å². The van der Waals surface area contributed by atoms with Crippen molar-refractivity contribution in [2.75, 3.05) is 11.9 Å². The second-order valence-corrected chi connectivity index (χ2v) is 8.84. The lowest BCUT2D eigenvalue weighted by molar-refractivity contribution is -0.116. The second-order valence-electron chi connectivity index (χ2n) is 6.52. The quantitative estimate of drug-likeness (QED) is 0.572. The molecule has 1 aromatic carbocycles. The van der Waals surface area contributed by atoms with E-state index in [2.05, 4.69) is 10.3 Å². The maximum Gasteiger partial charge on any atom is 0.245 e. The number of hydrogen-bond donors (Lipinski definition) is 1. The molecule has 7 nitrogen and oxygen atoms in total. The molecule has 0 unspecified atom stereocenters. The van der Waals surface area contributed by atoms with Crippen molar-refractivity contribution in [3.05, 3.63) is 77.0 Å². The van der Waals surface area contributed by atoms with E-state index in [0.29, 0.717) is 11.4 Å². The lowest BCUT2D eigenvalue weighted by Gasteiger charge is -2.21. The highest BCUT2D eigenvalue weighted by atomic mass is 35.5. The van der Waals surface area contributed by atoms with Gasteiger partial charge in [-0.25, -0.2) is 13.4 Å². The number of halogens is 1. The van der Waals surface area contributed by atoms with Crippen molar-refractivity contribution in [1.29, 1.82) is 0 Å². The van der Waals surface area contributed by atoms with Gasteiger partial charge in [0.05, 0.1) is 19.4 Å². The molecule has 9 heteroatoms. The van der Waals surface area contributed by atoms with Crippen LogP contribution in [-0.2, 0) is 21.4 Å². The van der Waals surface area contributed by atoms with Gasteiger partial charge in [-0.15, -0.1) is 0 Å². The summed E-state index contributed by atoms with van der Waals surface area (Å²) in [6.07, 6.45) is 2.60. The topological polar surface area (TPSA) is 92.5 Å². The number of hydrogen-bond acceptors (Lipinski definition) is 5. The van der Waals surface area contributed by atoms with Crippen LogP contribution in [0.2, 0.25) is 5.15 Å². The fourth-order valence-electron chi connectivity index (χ4n) is 2.65. The number of nitrogens with one attached hydrogen (secondary N) is 1. The summed E-state index contributed by atoms with van der Waals surface area (Å²) in [4.78, 5) is 16.4. The van der Waals surface area contributed by atoms with Crippen LogP contribution in [0.3, 0.4) is 0 Å². The molecule has 1 N–H and O–H groups in total. The Morgan fingerprint density at radius 3 is 2.59 bits per heavy atom. The Hall–Kier alpha value is -2.68. The minimum absolute atomic E-state index is 0.0626. The average molecular weight is 434 g/mol. The molecule has 152 valence electrons. The molecule has 0 bridgehead atoms. The molecule has 0 saturated heterocycles. The number of sulfonamides is 1. The van der Waals surface area contributed by atoms with Crippen molar-refractivity contribution in [3.8, 4) is 0 Å². The fraction of sp³-hybridized carbons (Fsp3) is 0.200. The first-order valence-electron chi connectivity index (χ1n) is 8.77. The summed E-state index contributed by atoms with van der Waals surface area (Å²) in [7, 11) is -4.00. The molecule has 0 saturated carbocycles. The van der Waals surface area contributed by atoms with Crippen LogP contribution in [0, 0.1) is 13.8 Å². The Labute approximate surface area is 174 Å². The Bertz CT molecular complexity index is 1100. The molecule has 2 aromatic heterocycles. The van der Waals surface area contributed by atoms with Crippen LogP contribution in [0.5, 0.6) is 0 Å². The number of anilines is 1. The summed E-state index contributed by atoms with van der Waals surface area (Å²) >= 11 is 5.76. The lowest BCUT2D eigenvalue weighted by atomic mass is 10.1. The molecule has 0 atom stereocenters. The number of carbonyl (C=O) groups is 1. The van der Waals surface area contributed by atoms with Crippen molar-refractivity contribution in [2.24, 2.45) is 0 Å². The number of amides is 1. The van der Waals surface area contributed by atoms with Gasteiger partial charge in [0.1, 0.15) is 15.8 Å². The molecule has 0 radical (unpaired) electrons. The number of nitrogens with zero attached hydrogens (tertiary/aromatic N) is 2. The van der Waals surface area contributed by atoms with Gasteiger partial charge in [0.15, 0.2) is 0 Å². The number of benzene rings is 1. The summed E-state index contributed by atoms with van der Waals surface area (Å²) in [5, 5.41) is 2.92. The van der Waals surface area contributed by atoms with E-state index < -0.39 is 22.5 Å². The standard InChI is InChI=1S/C20H20ClN3O4S/c1-14-5-6-16(10-15(14)2)23-20(25)13-24(12-17-4-3-9-28-17)29(26,27)18-7-8-19(21)22-11-18/h3-11H,12-13H2,1-2H3,(H,23,25). The van der Waals surface area contributed by atoms with E-state index >= 15 is 0 Å². The van der Waals surface area contributed by atoms with Gasteiger partial charge in [0.25, 0.3) is 0 Å². The highest BCUT2D eigenvalue weighted by Crippen LogP contribution is 2.20. The Morgan fingerprint density at radius 2 is 1.97 bits per heavy atom. The monoisotopic (exact) mass is 433 g/mol. The van der Waals surface area contributed by atoms with E-state index in [1.807, 2.05) is 26.0 Å². The molecule has 0 fully saturated rings. The van der Waals surface area contributed by atoms with Gasteiger partial charge in [-0.1, -0.05) is 17.7 Å². The smallest absolute Gasteiger partial charge is 0.245 e. The predicted octanol–water partition coefficient (Wildman–Crippen LogP) is 3.77. The molecule has 3 rings (SSSR count). The summed E-state index contributed by atoms with van der Waals surface area (Å²) in [5.41, 5.74) is 2.72. The highest BCUT2D eigenvalue weighted by molar-refractivity contribution is 7.89. The van der Waals surface area contributed by atoms with Crippen molar-refractivity contribution in [1.82, 2.24) is 9.29 Å². The third kappa shape index (κ3) is 5.23. The Morgan fingerprint density at radius 1 is 1.17 bits per heavy atom. The highest BCUT2D eigenvalue weighted by Gasteiger charge is 2.28. The zero-order valence-electron chi connectivity index (χ0n) is 15.9. The summed E-state index contributed by atoms with van der Waals surface area (Å²) in [6.45, 7) is 3.42. The van der Waals surface area contributed by atoms with Crippen LogP contribution in [0.25, 0.3) is 0 Å². The Kier molecular flexibility index (Phi) is 6.36. The first-order valence-corrected chi connectivity index (χ1v) is 10.6. The lowest BCUT2D eigenvalue weighted by Crippen LogP contribution is -2.37. The molecule has 29 heavy (non-hydrogen) atoms. The van der Waals surface area contributed by atoms with Crippen molar-refractivity contribution >= 4 is 33.2 Å². The van der Waals surface area contributed by atoms with Crippen LogP contribution in [-0.4, -0.2) is 30.2 Å². The van der Waals surface area contributed by atoms with E-state index in [1.165, 1.54) is 18.4 Å². The largest absolute Gasteiger partial charge is 0.468 e. The normalized spacial score (nSPS) is 11.6. The van der Waals surface area contributed by atoms with Crippen LogP contribution in [0.15, 0.2) is 64.2 Å². The van der Waals surface area contributed by atoms with Gasteiger partial charge >= 0.3 is 0 Å². The molecule has 0 aliphatic heterocycles. The molecular formula is C20H20ClN3O4S. The van der Waals surface area contributed by atoms with Gasteiger partial charge in [-0.05, 0) is 61.4 Å². The minimum atomic E-state index is -4.00. The van der Waals surface area contributed by atoms with Gasteiger partial charge in [-0.3, -0.25) is 4.79 Å². The average Bonchev–Trinajstić information content (AvgIpc) is 3.18. The zero-order valence-corrected chi connectivity index (χ0v) is 17.5. The number of pyridine rings is 1. The van der Waals surface area contributed by atoms with E-state index in [-0.39, 0.29) is 16.6 Å². The van der Waals surface area contributed by atoms with E-state index in [0.717, 1.165) is 21.6 Å². The van der Waals surface area contributed by atoms with Gasteiger partial charge in [-0.2, -0.15) is 4.31 Å². The third-order valence-electron chi connectivity index (χ3n) is 4.36. The summed E-state index contributed by atoms with van der Waals surface area (Å²) in [6, 6.07) is 11.5. The molecule has 3 aromatic rings. The van der Waals surface area contributed by atoms with E-state index in [9.17, 15) is 13.2 Å². The van der Waals surface area contributed by atoms with Gasteiger partial charge < -0.3 is 9.73 Å². The fourth-order valence-corrected chi connectivity index (χ4v) is 4.07. The number of aryl methyl sites for hydroxylation is 2. The summed E-state index contributed by atoms with van der Waals surface area (Å²) in [5.74, 6) is -0.0558. The maximum atomic E-state index is 13.1. The van der Waals surface area contributed by atoms with Crippen LogP contribution >= 0.6 is 11.6 Å². The summed E-state index contributed by atoms with van der Waals surface area (Å²) < 4.78 is 32.5. The zero-order chi connectivity index (χ0) is 21.0. The number of carbonyl (C=O) groups excluding carboxylic acids is 1. The van der Waals surface area contributed by atoms with Crippen LogP contribution in [0.1, 0.15) is 16.9 Å². The van der Waals surface area contributed by atoms with Crippen LogP contribution < -0.4 is 5.32 Å². The van der Waals surface area contributed by atoms with E-state index in [1.54, 1.807) is 18.2 Å². The molecule has 0 aliphatic rings. The van der Waals surface area contributed by atoms with Gasteiger partial charge in [0.2, 0.25) is 15.9 Å². The predicted molar refractivity (Wildman–Crippen MR) is 110 cm³/mol. The van der Waals surface area contributed by atoms with Crippen molar-refractivity contribution < 1.29 is 17.6 Å². The number of furan rings is 1. The molecule has 1 amide bonds. The maximum absolute atomic E-state index is 13.1. The number of rotatable bonds is 7. The van der Waals surface area contributed by atoms with E-state index in [4.69, 9.17) is 16.0 Å².